The molecule has 0 aliphatic rings. The average molecular weight is 530 g/mol. The van der Waals surface area contributed by atoms with Crippen LogP contribution in [0.25, 0.3) is 0 Å². The Bertz CT molecular complexity index is 1270. The van der Waals surface area contributed by atoms with Crippen molar-refractivity contribution in [1.29, 1.82) is 0 Å². The van der Waals surface area contributed by atoms with E-state index in [0.717, 1.165) is 16.7 Å². The summed E-state index contributed by atoms with van der Waals surface area (Å²) in [7, 11) is 0. The normalized spacial score (nSPS) is 12.7. The van der Waals surface area contributed by atoms with Gasteiger partial charge in [0.15, 0.2) is 0 Å². The zero-order valence-electron chi connectivity index (χ0n) is 23.7. The SMILES string of the molecule is CCN(C(=O)C(Cc1ccccc1)NC(=O)OC(C)(C)C)C(C(=O)Nc1ccccc1C)c1ccc(C)cc1. The van der Waals surface area contributed by atoms with Gasteiger partial charge in [0.25, 0.3) is 5.91 Å². The van der Waals surface area contributed by atoms with Gasteiger partial charge in [-0.15, -0.1) is 0 Å². The topological polar surface area (TPSA) is 87.7 Å². The van der Waals surface area contributed by atoms with E-state index >= 15 is 0 Å². The van der Waals surface area contributed by atoms with E-state index in [9.17, 15) is 14.4 Å². The van der Waals surface area contributed by atoms with Crippen molar-refractivity contribution in [2.45, 2.75) is 65.6 Å². The van der Waals surface area contributed by atoms with Crippen LogP contribution in [0.3, 0.4) is 0 Å². The monoisotopic (exact) mass is 529 g/mol. The Kier molecular flexibility index (Phi) is 9.88. The van der Waals surface area contributed by atoms with Gasteiger partial charge in [-0.25, -0.2) is 4.79 Å². The van der Waals surface area contributed by atoms with Crippen LogP contribution in [0, 0.1) is 13.8 Å². The fourth-order valence-corrected chi connectivity index (χ4v) is 4.30. The fourth-order valence-electron chi connectivity index (χ4n) is 4.30. The van der Waals surface area contributed by atoms with Gasteiger partial charge < -0.3 is 20.3 Å². The molecule has 3 aromatic rings. The first-order valence-electron chi connectivity index (χ1n) is 13.3. The van der Waals surface area contributed by atoms with Crippen LogP contribution < -0.4 is 10.6 Å². The summed E-state index contributed by atoms with van der Waals surface area (Å²) in [6.07, 6.45) is -0.445. The Morgan fingerprint density at radius 1 is 0.872 bits per heavy atom. The molecule has 3 aromatic carbocycles. The van der Waals surface area contributed by atoms with E-state index in [1.165, 1.54) is 4.90 Å². The van der Waals surface area contributed by atoms with Gasteiger partial charge in [0.2, 0.25) is 5.91 Å². The molecule has 2 atom stereocenters. The zero-order valence-corrected chi connectivity index (χ0v) is 23.7. The predicted molar refractivity (Wildman–Crippen MR) is 154 cm³/mol. The van der Waals surface area contributed by atoms with Crippen LogP contribution >= 0.6 is 0 Å². The molecule has 0 saturated carbocycles. The van der Waals surface area contributed by atoms with E-state index in [-0.39, 0.29) is 24.8 Å². The van der Waals surface area contributed by atoms with E-state index < -0.39 is 23.8 Å². The number of likely N-dealkylation sites (N-methyl/N-ethyl adjacent to an activating group) is 1. The van der Waals surface area contributed by atoms with Gasteiger partial charge in [0, 0.05) is 18.7 Å². The highest BCUT2D eigenvalue weighted by molar-refractivity contribution is 5.99. The molecule has 3 amide bonds. The number of ether oxygens (including phenoxy) is 1. The Balaban J connectivity index is 1.99. The molecule has 0 aromatic heterocycles. The number of rotatable bonds is 9. The standard InChI is InChI=1S/C32H39N3O4/c1-7-35(30(37)27(21-24-14-9-8-10-15-24)34-31(38)39-32(4,5)6)28(25-19-17-22(2)18-20-25)29(36)33-26-16-12-11-13-23(26)3/h8-20,27-28H,7,21H2,1-6H3,(H,33,36)(H,34,38). The maximum Gasteiger partial charge on any atom is 0.408 e. The third-order valence-corrected chi connectivity index (χ3v) is 6.25. The number of carbonyl (C=O) groups excluding carboxylic acids is 3. The zero-order chi connectivity index (χ0) is 28.6. The molecule has 0 aliphatic carbocycles. The number of carbonyl (C=O) groups is 3. The molecule has 3 rings (SSSR count). The molecule has 7 nitrogen and oxygen atoms in total. The summed E-state index contributed by atoms with van der Waals surface area (Å²) in [5.74, 6) is -0.711. The second-order valence-electron chi connectivity index (χ2n) is 10.6. The van der Waals surface area contributed by atoms with E-state index in [1.807, 2.05) is 99.6 Å². The molecule has 0 aliphatic heterocycles. The first-order valence-corrected chi connectivity index (χ1v) is 13.3. The fraction of sp³-hybridized carbons (Fsp3) is 0.344. The van der Waals surface area contributed by atoms with Crippen LogP contribution in [0.5, 0.6) is 0 Å². The van der Waals surface area contributed by atoms with Crippen molar-refractivity contribution in [1.82, 2.24) is 10.2 Å². The number of nitrogens with one attached hydrogen (secondary N) is 2. The van der Waals surface area contributed by atoms with Crippen LogP contribution in [0.15, 0.2) is 78.9 Å². The lowest BCUT2D eigenvalue weighted by Gasteiger charge is -2.34. The second kappa shape index (κ2) is 13.1. The van der Waals surface area contributed by atoms with Gasteiger partial charge in [-0.2, -0.15) is 0 Å². The van der Waals surface area contributed by atoms with Gasteiger partial charge in [-0.1, -0.05) is 78.4 Å². The van der Waals surface area contributed by atoms with Crippen molar-refractivity contribution in [3.05, 3.63) is 101 Å². The van der Waals surface area contributed by atoms with Crippen LogP contribution in [0.1, 0.15) is 56.0 Å². The van der Waals surface area contributed by atoms with E-state index in [4.69, 9.17) is 4.74 Å². The summed E-state index contributed by atoms with van der Waals surface area (Å²) >= 11 is 0. The molecule has 2 N–H and O–H groups in total. The molecule has 2 unspecified atom stereocenters. The largest absolute Gasteiger partial charge is 0.444 e. The number of para-hydroxylation sites is 1. The van der Waals surface area contributed by atoms with Crippen molar-refractivity contribution in [3.8, 4) is 0 Å². The molecule has 0 saturated heterocycles. The molecule has 7 heteroatoms. The summed E-state index contributed by atoms with van der Waals surface area (Å²) in [5.41, 5.74) is 3.45. The number of anilines is 1. The van der Waals surface area contributed by atoms with Gasteiger partial charge >= 0.3 is 6.09 Å². The molecular weight excluding hydrogens is 490 g/mol. The second-order valence-corrected chi connectivity index (χ2v) is 10.6. The number of alkyl carbamates (subject to hydrolysis) is 1. The number of benzene rings is 3. The van der Waals surface area contributed by atoms with Crippen LogP contribution in [0.4, 0.5) is 10.5 Å². The van der Waals surface area contributed by atoms with E-state index in [1.54, 1.807) is 20.8 Å². The van der Waals surface area contributed by atoms with Crippen LogP contribution in [0.2, 0.25) is 0 Å². The average Bonchev–Trinajstić information content (AvgIpc) is 2.88. The Hall–Kier alpha value is -4.13. The van der Waals surface area contributed by atoms with Crippen LogP contribution in [-0.4, -0.2) is 41.0 Å². The summed E-state index contributed by atoms with van der Waals surface area (Å²) in [5, 5.41) is 5.77. The first kappa shape index (κ1) is 29.4. The summed E-state index contributed by atoms with van der Waals surface area (Å²) < 4.78 is 5.47. The van der Waals surface area contributed by atoms with Gasteiger partial charge in [0.1, 0.15) is 17.7 Å². The predicted octanol–water partition coefficient (Wildman–Crippen LogP) is 5.97. The maximum absolute atomic E-state index is 14.2. The third-order valence-electron chi connectivity index (χ3n) is 6.25. The molecule has 0 spiro atoms. The van der Waals surface area contributed by atoms with Crippen molar-refractivity contribution in [2.75, 3.05) is 11.9 Å². The van der Waals surface area contributed by atoms with E-state index in [2.05, 4.69) is 10.6 Å². The quantitative estimate of drug-likeness (QED) is 0.358. The first-order chi connectivity index (χ1) is 18.5. The number of hydrogen-bond donors (Lipinski definition) is 2. The third kappa shape index (κ3) is 8.43. The van der Waals surface area contributed by atoms with Crippen molar-refractivity contribution >= 4 is 23.6 Å². The Morgan fingerprint density at radius 2 is 1.49 bits per heavy atom. The highest BCUT2D eigenvalue weighted by atomic mass is 16.6. The molecule has 0 heterocycles. The highest BCUT2D eigenvalue weighted by Gasteiger charge is 2.35. The highest BCUT2D eigenvalue weighted by Crippen LogP contribution is 2.26. The molecular formula is C32H39N3O4. The number of hydrogen-bond acceptors (Lipinski definition) is 4. The lowest BCUT2D eigenvalue weighted by atomic mass is 9.99. The van der Waals surface area contributed by atoms with Gasteiger partial charge in [-0.05, 0) is 64.3 Å². The van der Waals surface area contributed by atoms with Crippen molar-refractivity contribution in [2.24, 2.45) is 0 Å². The number of nitrogens with zero attached hydrogens (tertiary/aromatic N) is 1. The minimum atomic E-state index is -0.943. The maximum atomic E-state index is 14.2. The minimum absolute atomic E-state index is 0.245. The molecule has 206 valence electrons. The Labute approximate surface area is 231 Å². The van der Waals surface area contributed by atoms with Crippen molar-refractivity contribution in [3.63, 3.8) is 0 Å². The summed E-state index contributed by atoms with van der Waals surface area (Å²) in [6, 6.07) is 22.7. The van der Waals surface area contributed by atoms with Gasteiger partial charge in [0.05, 0.1) is 0 Å². The van der Waals surface area contributed by atoms with Gasteiger partial charge in [-0.3, -0.25) is 9.59 Å². The number of aryl methyl sites for hydroxylation is 2. The smallest absolute Gasteiger partial charge is 0.408 e. The molecule has 39 heavy (non-hydrogen) atoms. The van der Waals surface area contributed by atoms with E-state index in [0.29, 0.717) is 11.3 Å². The molecule has 0 fully saturated rings. The lowest BCUT2D eigenvalue weighted by Crippen LogP contribution is -2.53. The number of amides is 3. The lowest BCUT2D eigenvalue weighted by molar-refractivity contribution is -0.140. The minimum Gasteiger partial charge on any atom is -0.444 e. The summed E-state index contributed by atoms with van der Waals surface area (Å²) in [6.45, 7) is 11.3. The summed E-state index contributed by atoms with van der Waals surface area (Å²) in [4.78, 5) is 42.3. The van der Waals surface area contributed by atoms with Crippen molar-refractivity contribution < 1.29 is 19.1 Å². The molecule has 0 radical (unpaired) electrons. The molecule has 0 bridgehead atoms. The van der Waals surface area contributed by atoms with Crippen LogP contribution in [-0.2, 0) is 20.7 Å². The Morgan fingerprint density at radius 3 is 2.08 bits per heavy atom.